The van der Waals surface area contributed by atoms with Crippen LogP contribution in [0.15, 0.2) is 71.6 Å². The largest absolute Gasteiger partial charge is 0.352 e. The molecular formula is C28H29Cl4N3O4S. The third kappa shape index (κ3) is 7.83. The molecule has 0 unspecified atom stereocenters. The summed E-state index contributed by atoms with van der Waals surface area (Å²) in [5.74, 6) is -1.08. The number of nitrogens with zero attached hydrogens (tertiary/aromatic N) is 2. The molecule has 7 nitrogen and oxygen atoms in total. The van der Waals surface area contributed by atoms with Gasteiger partial charge in [0.15, 0.2) is 0 Å². The van der Waals surface area contributed by atoms with Gasteiger partial charge in [0.1, 0.15) is 12.6 Å². The number of anilines is 1. The van der Waals surface area contributed by atoms with Gasteiger partial charge in [-0.3, -0.25) is 13.9 Å². The fourth-order valence-electron chi connectivity index (χ4n) is 3.83. The quantitative estimate of drug-likeness (QED) is 0.248. The Hall–Kier alpha value is -2.49. The molecule has 3 aromatic carbocycles. The highest BCUT2D eigenvalue weighted by Gasteiger charge is 2.33. The Labute approximate surface area is 255 Å². The molecule has 0 aromatic heterocycles. The van der Waals surface area contributed by atoms with Gasteiger partial charge in [-0.2, -0.15) is 0 Å². The van der Waals surface area contributed by atoms with E-state index in [-0.39, 0.29) is 33.2 Å². The standard InChI is InChI=1S/C28H29Cl4N3O4S/c1-4-18(2)33-28(37)19(3)34(16-24-25(31)11-8-12-26(24)32)27(36)17-35(22-14-20(29)13-21(30)15-22)40(38,39)23-9-6-5-7-10-23/h5-15,18-19H,4,16-17H2,1-3H3,(H,33,37)/t18-,19-/m0/s1. The number of amides is 2. The fourth-order valence-corrected chi connectivity index (χ4v) is 6.28. The van der Waals surface area contributed by atoms with Crippen molar-refractivity contribution in [1.29, 1.82) is 0 Å². The Morgan fingerprint density at radius 2 is 1.45 bits per heavy atom. The summed E-state index contributed by atoms with van der Waals surface area (Å²) in [5.41, 5.74) is 0.507. The molecular weight excluding hydrogens is 616 g/mol. The van der Waals surface area contributed by atoms with Gasteiger partial charge in [0.2, 0.25) is 11.8 Å². The van der Waals surface area contributed by atoms with Gasteiger partial charge in [0.05, 0.1) is 10.6 Å². The van der Waals surface area contributed by atoms with Crippen LogP contribution < -0.4 is 9.62 Å². The van der Waals surface area contributed by atoms with Crippen LogP contribution in [0.4, 0.5) is 5.69 Å². The molecule has 0 aliphatic heterocycles. The highest BCUT2D eigenvalue weighted by molar-refractivity contribution is 7.92. The van der Waals surface area contributed by atoms with Crippen molar-refractivity contribution in [3.05, 3.63) is 92.4 Å². The second kappa shape index (κ2) is 13.9. The van der Waals surface area contributed by atoms with Crippen LogP contribution in [0, 0.1) is 0 Å². The molecule has 3 rings (SSSR count). The van der Waals surface area contributed by atoms with E-state index < -0.39 is 34.4 Å². The molecule has 0 aliphatic carbocycles. The molecule has 0 saturated heterocycles. The van der Waals surface area contributed by atoms with Gasteiger partial charge in [-0.05, 0) is 62.7 Å². The maximum absolute atomic E-state index is 14.0. The smallest absolute Gasteiger partial charge is 0.264 e. The van der Waals surface area contributed by atoms with Crippen molar-refractivity contribution in [2.75, 3.05) is 10.8 Å². The Balaban J connectivity index is 2.09. The van der Waals surface area contributed by atoms with Gasteiger partial charge < -0.3 is 10.2 Å². The molecule has 0 fully saturated rings. The van der Waals surface area contributed by atoms with E-state index in [1.807, 2.05) is 13.8 Å². The van der Waals surface area contributed by atoms with Gasteiger partial charge in [-0.25, -0.2) is 8.42 Å². The Morgan fingerprint density at radius 3 is 2.00 bits per heavy atom. The monoisotopic (exact) mass is 643 g/mol. The molecule has 0 aliphatic rings. The maximum Gasteiger partial charge on any atom is 0.264 e. The van der Waals surface area contributed by atoms with Crippen LogP contribution >= 0.6 is 46.4 Å². The Kier molecular flexibility index (Phi) is 11.1. The van der Waals surface area contributed by atoms with Crippen LogP contribution in [0.3, 0.4) is 0 Å². The zero-order chi connectivity index (χ0) is 29.6. The molecule has 0 saturated carbocycles. The van der Waals surface area contributed by atoms with E-state index in [9.17, 15) is 18.0 Å². The van der Waals surface area contributed by atoms with Crippen LogP contribution in [-0.2, 0) is 26.2 Å². The highest BCUT2D eigenvalue weighted by Crippen LogP contribution is 2.31. The lowest BCUT2D eigenvalue weighted by molar-refractivity contribution is -0.139. The Morgan fingerprint density at radius 1 is 0.875 bits per heavy atom. The summed E-state index contributed by atoms with van der Waals surface area (Å²) in [6, 6.07) is 15.7. The average Bonchev–Trinajstić information content (AvgIpc) is 2.90. The Bertz CT molecular complexity index is 1430. The summed E-state index contributed by atoms with van der Waals surface area (Å²) in [4.78, 5) is 28.3. The van der Waals surface area contributed by atoms with Crippen molar-refractivity contribution in [3.8, 4) is 0 Å². The number of hydrogen-bond donors (Lipinski definition) is 1. The third-order valence-electron chi connectivity index (χ3n) is 6.30. The topological polar surface area (TPSA) is 86.8 Å². The average molecular weight is 645 g/mol. The lowest BCUT2D eigenvalue weighted by atomic mass is 10.1. The van der Waals surface area contributed by atoms with E-state index in [4.69, 9.17) is 46.4 Å². The summed E-state index contributed by atoms with van der Waals surface area (Å²) >= 11 is 25.2. The van der Waals surface area contributed by atoms with E-state index in [2.05, 4.69) is 5.32 Å². The molecule has 0 bridgehead atoms. The minimum Gasteiger partial charge on any atom is -0.352 e. The molecule has 214 valence electrons. The van der Waals surface area contributed by atoms with Crippen LogP contribution in [0.5, 0.6) is 0 Å². The van der Waals surface area contributed by atoms with Crippen molar-refractivity contribution < 1.29 is 18.0 Å². The molecule has 2 amide bonds. The summed E-state index contributed by atoms with van der Waals surface area (Å²) in [6.07, 6.45) is 0.682. The van der Waals surface area contributed by atoms with Gasteiger partial charge in [0, 0.05) is 38.2 Å². The zero-order valence-electron chi connectivity index (χ0n) is 22.1. The zero-order valence-corrected chi connectivity index (χ0v) is 25.9. The minimum atomic E-state index is -4.26. The second-order valence-corrected chi connectivity index (χ2v) is 12.7. The van der Waals surface area contributed by atoms with E-state index in [0.717, 1.165) is 4.31 Å². The van der Waals surface area contributed by atoms with E-state index in [0.29, 0.717) is 22.0 Å². The number of carbonyl (C=O) groups excluding carboxylic acids is 2. The molecule has 3 aromatic rings. The predicted molar refractivity (Wildman–Crippen MR) is 162 cm³/mol. The summed E-state index contributed by atoms with van der Waals surface area (Å²) in [6.45, 7) is 4.54. The SMILES string of the molecule is CC[C@H](C)NC(=O)[C@H](C)N(Cc1c(Cl)cccc1Cl)C(=O)CN(c1cc(Cl)cc(Cl)c1)S(=O)(=O)c1ccccc1. The first kappa shape index (κ1) is 32.0. The van der Waals surface area contributed by atoms with Crippen molar-refractivity contribution in [3.63, 3.8) is 0 Å². The van der Waals surface area contributed by atoms with Crippen LogP contribution in [0.2, 0.25) is 20.1 Å². The van der Waals surface area contributed by atoms with Crippen LogP contribution in [0.1, 0.15) is 32.8 Å². The van der Waals surface area contributed by atoms with Crippen molar-refractivity contribution in [1.82, 2.24) is 10.2 Å². The number of benzene rings is 3. The number of rotatable bonds is 11. The number of sulfonamides is 1. The van der Waals surface area contributed by atoms with Crippen LogP contribution in [-0.4, -0.2) is 43.8 Å². The van der Waals surface area contributed by atoms with E-state index >= 15 is 0 Å². The third-order valence-corrected chi connectivity index (χ3v) is 9.24. The summed E-state index contributed by atoms with van der Waals surface area (Å²) < 4.78 is 28.6. The van der Waals surface area contributed by atoms with Crippen molar-refractivity contribution >= 4 is 73.9 Å². The summed E-state index contributed by atoms with van der Waals surface area (Å²) in [7, 11) is -4.26. The first-order valence-corrected chi connectivity index (χ1v) is 15.4. The van der Waals surface area contributed by atoms with Gasteiger partial charge in [-0.15, -0.1) is 0 Å². The number of halogens is 4. The highest BCUT2D eigenvalue weighted by atomic mass is 35.5. The van der Waals surface area contributed by atoms with E-state index in [1.54, 1.807) is 43.3 Å². The van der Waals surface area contributed by atoms with Crippen molar-refractivity contribution in [2.24, 2.45) is 0 Å². The van der Waals surface area contributed by atoms with E-state index in [1.165, 1.54) is 35.2 Å². The molecule has 0 heterocycles. The minimum absolute atomic E-state index is 0.0397. The molecule has 12 heteroatoms. The lowest BCUT2D eigenvalue weighted by Gasteiger charge is -2.33. The summed E-state index contributed by atoms with van der Waals surface area (Å²) in [5, 5.41) is 3.84. The van der Waals surface area contributed by atoms with Crippen molar-refractivity contribution in [2.45, 2.75) is 50.7 Å². The molecule has 0 spiro atoms. The lowest BCUT2D eigenvalue weighted by Crippen LogP contribution is -2.52. The molecule has 1 N–H and O–H groups in total. The fraction of sp³-hybridized carbons (Fsp3) is 0.286. The number of carbonyl (C=O) groups is 2. The number of nitrogens with one attached hydrogen (secondary N) is 1. The molecule has 2 atom stereocenters. The molecule has 0 radical (unpaired) electrons. The molecule has 40 heavy (non-hydrogen) atoms. The normalized spacial score (nSPS) is 12.9. The second-order valence-electron chi connectivity index (χ2n) is 9.17. The first-order valence-electron chi connectivity index (χ1n) is 12.4. The van der Waals surface area contributed by atoms with Crippen LogP contribution in [0.25, 0.3) is 0 Å². The van der Waals surface area contributed by atoms with Gasteiger partial charge >= 0.3 is 0 Å². The van der Waals surface area contributed by atoms with Gasteiger partial charge in [-0.1, -0.05) is 77.6 Å². The van der Waals surface area contributed by atoms with Gasteiger partial charge in [0.25, 0.3) is 10.0 Å². The first-order chi connectivity index (χ1) is 18.8. The maximum atomic E-state index is 14.0. The number of hydrogen-bond acceptors (Lipinski definition) is 4. The predicted octanol–water partition coefficient (Wildman–Crippen LogP) is 6.83.